The monoisotopic (exact) mass is 486 g/mol. The lowest BCUT2D eigenvalue weighted by Crippen LogP contribution is -2.51. The molecule has 1 spiro atoms. The molecule has 2 aromatic heterocycles. The van der Waals surface area contributed by atoms with Crippen LogP contribution in [0.4, 0.5) is 4.79 Å². The lowest BCUT2D eigenvalue weighted by molar-refractivity contribution is -0.136. The second kappa shape index (κ2) is 9.56. The summed E-state index contributed by atoms with van der Waals surface area (Å²) in [5, 5.41) is 14.4. The van der Waals surface area contributed by atoms with E-state index in [1.54, 1.807) is 11.8 Å². The second-order valence-electron chi connectivity index (χ2n) is 10.4. The first kappa shape index (κ1) is 24.5. The van der Waals surface area contributed by atoms with E-state index in [-0.39, 0.29) is 29.8 Å². The van der Waals surface area contributed by atoms with E-state index in [4.69, 9.17) is 0 Å². The van der Waals surface area contributed by atoms with Gasteiger partial charge in [0.15, 0.2) is 11.5 Å². The van der Waals surface area contributed by atoms with Crippen LogP contribution in [0.3, 0.4) is 0 Å². The largest absolute Gasteiger partial charge is 0.344 e. The molecule has 1 aliphatic carbocycles. The molecule has 0 aromatic carbocycles. The third-order valence-corrected chi connectivity index (χ3v) is 7.85. The molecule has 9 nitrogen and oxygen atoms in total. The summed E-state index contributed by atoms with van der Waals surface area (Å²) in [4.78, 5) is 40.1. The van der Waals surface area contributed by atoms with Gasteiger partial charge >= 0.3 is 6.03 Å². The maximum absolute atomic E-state index is 13.3. The topological polar surface area (TPSA) is 109 Å². The number of imide groups is 1. The molecule has 3 heterocycles. The molecule has 0 bridgehead atoms. The third-order valence-electron chi connectivity index (χ3n) is 7.21. The van der Waals surface area contributed by atoms with Gasteiger partial charge in [-0.3, -0.25) is 18.9 Å². The molecule has 2 N–H and O–H groups in total. The van der Waals surface area contributed by atoms with Crippen LogP contribution in [0, 0.1) is 11.3 Å². The summed E-state index contributed by atoms with van der Waals surface area (Å²) in [7, 11) is 0. The number of urea groups is 1. The Morgan fingerprint density at radius 3 is 2.68 bits per heavy atom. The van der Waals surface area contributed by atoms with Crippen molar-refractivity contribution in [1.82, 2.24) is 30.1 Å². The number of nitrogens with one attached hydrogen (secondary N) is 2. The summed E-state index contributed by atoms with van der Waals surface area (Å²) >= 11 is 1.67. The second-order valence-corrected chi connectivity index (χ2v) is 11.4. The van der Waals surface area contributed by atoms with Crippen LogP contribution < -0.4 is 10.6 Å². The van der Waals surface area contributed by atoms with Crippen molar-refractivity contribution in [3.8, 4) is 0 Å². The van der Waals surface area contributed by atoms with Crippen molar-refractivity contribution in [1.29, 1.82) is 0 Å². The minimum Gasteiger partial charge on any atom is -0.344 e. The Labute approximate surface area is 204 Å². The van der Waals surface area contributed by atoms with E-state index in [2.05, 4.69) is 41.6 Å². The van der Waals surface area contributed by atoms with E-state index in [9.17, 15) is 14.4 Å². The fourth-order valence-electron chi connectivity index (χ4n) is 5.12. The lowest BCUT2D eigenvalue weighted by Gasteiger charge is -2.40. The quantitative estimate of drug-likeness (QED) is 0.582. The molecule has 1 atom stereocenters. The number of pyridine rings is 1. The molecule has 2 aliphatic rings. The van der Waals surface area contributed by atoms with E-state index < -0.39 is 11.6 Å². The van der Waals surface area contributed by atoms with Gasteiger partial charge in [-0.25, -0.2) is 4.79 Å². The normalized spacial score (nSPS) is 24.0. The van der Waals surface area contributed by atoms with Crippen molar-refractivity contribution in [2.45, 2.75) is 64.5 Å². The molecule has 10 heteroatoms. The zero-order valence-corrected chi connectivity index (χ0v) is 21.2. The lowest BCUT2D eigenvalue weighted by atomic mass is 9.67. The van der Waals surface area contributed by atoms with Gasteiger partial charge in [-0.15, -0.1) is 10.2 Å². The summed E-state index contributed by atoms with van der Waals surface area (Å²) < 4.78 is 1.85. The van der Waals surface area contributed by atoms with E-state index in [1.165, 1.54) is 0 Å². The van der Waals surface area contributed by atoms with Crippen LogP contribution in [0.2, 0.25) is 0 Å². The molecule has 1 unspecified atom stereocenters. The Bertz CT molecular complexity index is 1070. The molecule has 1 saturated heterocycles. The molecule has 0 radical (unpaired) electrons. The third kappa shape index (κ3) is 4.78. The number of rotatable bonds is 7. The molecular weight excluding hydrogens is 452 g/mol. The predicted molar refractivity (Wildman–Crippen MR) is 131 cm³/mol. The van der Waals surface area contributed by atoms with Crippen molar-refractivity contribution in [3.05, 3.63) is 30.2 Å². The summed E-state index contributed by atoms with van der Waals surface area (Å²) in [5.41, 5.74) is -0.00626. The number of hydrogen-bond acceptors (Lipinski definition) is 6. The SMILES string of the molecule is CSCCC(NC(=O)CN1C(=O)NC2(CCC(C(C)(C)C)CC2)C1=O)c1nnc2ccccn12. The van der Waals surface area contributed by atoms with Gasteiger partial charge in [0.05, 0.1) is 6.04 Å². The number of fused-ring (bicyclic) bond motifs is 1. The van der Waals surface area contributed by atoms with Gasteiger partial charge in [0.2, 0.25) is 5.91 Å². The van der Waals surface area contributed by atoms with E-state index in [0.717, 1.165) is 23.5 Å². The fraction of sp³-hybridized carbons (Fsp3) is 0.625. The molecule has 34 heavy (non-hydrogen) atoms. The number of amides is 4. The molecule has 4 amide bonds. The zero-order chi connectivity index (χ0) is 24.5. The summed E-state index contributed by atoms with van der Waals surface area (Å²) in [6.45, 7) is 6.34. The highest BCUT2D eigenvalue weighted by Crippen LogP contribution is 2.43. The van der Waals surface area contributed by atoms with Gasteiger partial charge in [0.25, 0.3) is 5.91 Å². The van der Waals surface area contributed by atoms with E-state index in [1.807, 2.05) is 35.1 Å². The summed E-state index contributed by atoms with van der Waals surface area (Å²) in [6.07, 6.45) is 7.50. The summed E-state index contributed by atoms with van der Waals surface area (Å²) in [6, 6.07) is 4.75. The molecule has 184 valence electrons. The van der Waals surface area contributed by atoms with Crippen molar-refractivity contribution < 1.29 is 14.4 Å². The van der Waals surface area contributed by atoms with E-state index >= 15 is 0 Å². The Morgan fingerprint density at radius 1 is 1.26 bits per heavy atom. The standard InChI is InChI=1S/C24H34N6O3S/c1-23(2,3)16-8-11-24(12-9-16)21(32)30(22(33)26-24)15-19(31)25-17(10-14-34-4)20-28-27-18-7-5-6-13-29(18)20/h5-7,13,16-17H,8-12,14-15H2,1-4H3,(H,25,31)(H,26,33). The van der Waals surface area contributed by atoms with Gasteiger partial charge in [-0.05, 0) is 67.6 Å². The number of thioether (sulfide) groups is 1. The van der Waals surface area contributed by atoms with Gasteiger partial charge in [0.1, 0.15) is 12.1 Å². The zero-order valence-electron chi connectivity index (χ0n) is 20.3. The number of hydrogen-bond donors (Lipinski definition) is 2. The van der Waals surface area contributed by atoms with E-state index in [0.29, 0.717) is 36.7 Å². The smallest absolute Gasteiger partial charge is 0.325 e. The predicted octanol–water partition coefficient (Wildman–Crippen LogP) is 3.17. The maximum Gasteiger partial charge on any atom is 0.325 e. The van der Waals surface area contributed by atoms with Gasteiger partial charge in [0, 0.05) is 6.20 Å². The average Bonchev–Trinajstić information content (AvgIpc) is 3.31. The van der Waals surface area contributed by atoms with Crippen molar-refractivity contribution >= 4 is 35.3 Å². The first-order valence-corrected chi connectivity index (χ1v) is 13.3. The number of aromatic nitrogens is 3. The first-order valence-electron chi connectivity index (χ1n) is 11.9. The van der Waals surface area contributed by atoms with Crippen LogP contribution in [0.25, 0.3) is 5.65 Å². The van der Waals surface area contributed by atoms with Crippen LogP contribution in [-0.2, 0) is 9.59 Å². The number of carbonyl (C=O) groups excluding carboxylic acids is 3. The number of nitrogens with zero attached hydrogens (tertiary/aromatic N) is 4. The molecular formula is C24H34N6O3S. The Hall–Kier alpha value is -2.62. The Balaban J connectivity index is 1.44. The van der Waals surface area contributed by atoms with Crippen LogP contribution >= 0.6 is 11.8 Å². The van der Waals surface area contributed by atoms with Crippen LogP contribution in [0.5, 0.6) is 0 Å². The summed E-state index contributed by atoms with van der Waals surface area (Å²) in [5.74, 6) is 1.28. The minimum atomic E-state index is -0.874. The van der Waals surface area contributed by atoms with Crippen molar-refractivity contribution in [2.24, 2.45) is 11.3 Å². The Morgan fingerprint density at radius 2 is 2.00 bits per heavy atom. The van der Waals surface area contributed by atoms with Crippen molar-refractivity contribution in [2.75, 3.05) is 18.6 Å². The molecule has 2 fully saturated rings. The number of carbonyl (C=O) groups is 3. The van der Waals surface area contributed by atoms with Gasteiger partial charge in [-0.1, -0.05) is 26.8 Å². The minimum absolute atomic E-state index is 0.171. The first-order chi connectivity index (χ1) is 16.1. The fourth-order valence-corrected chi connectivity index (χ4v) is 5.59. The van der Waals surface area contributed by atoms with Gasteiger partial charge in [-0.2, -0.15) is 11.8 Å². The Kier molecular flexibility index (Phi) is 6.89. The maximum atomic E-state index is 13.3. The molecule has 2 aromatic rings. The molecule has 4 rings (SSSR count). The van der Waals surface area contributed by atoms with Crippen LogP contribution in [-0.4, -0.2) is 61.4 Å². The van der Waals surface area contributed by atoms with Crippen LogP contribution in [0.15, 0.2) is 24.4 Å². The highest BCUT2D eigenvalue weighted by atomic mass is 32.2. The van der Waals surface area contributed by atoms with Crippen LogP contribution in [0.1, 0.15) is 64.7 Å². The highest BCUT2D eigenvalue weighted by molar-refractivity contribution is 7.98. The average molecular weight is 487 g/mol. The molecule has 1 aliphatic heterocycles. The van der Waals surface area contributed by atoms with Gasteiger partial charge < -0.3 is 10.6 Å². The molecule has 1 saturated carbocycles. The highest BCUT2D eigenvalue weighted by Gasteiger charge is 2.53. The van der Waals surface area contributed by atoms with Crippen molar-refractivity contribution in [3.63, 3.8) is 0 Å².